The van der Waals surface area contributed by atoms with Gasteiger partial charge in [-0.2, -0.15) is 0 Å². The van der Waals surface area contributed by atoms with Crippen LogP contribution in [0.25, 0.3) is 33.3 Å². The summed E-state index contributed by atoms with van der Waals surface area (Å²) in [5.41, 5.74) is 2.99. The fourth-order valence-electron chi connectivity index (χ4n) is 2.40. The topological polar surface area (TPSA) is 26.0 Å². The van der Waals surface area contributed by atoms with Gasteiger partial charge in [0.25, 0.3) is 0 Å². The third kappa shape index (κ3) is 2.36. The summed E-state index contributed by atoms with van der Waals surface area (Å²) in [6, 6.07) is 24.3. The number of hydrogen-bond donors (Lipinski definition) is 0. The lowest BCUT2D eigenvalue weighted by Gasteiger charge is -2.00. The number of hydrogen-bond acceptors (Lipinski definition) is 3. The molecule has 0 radical (unpaired) electrons. The number of aromatic nitrogens is 1. The molecule has 0 amide bonds. The van der Waals surface area contributed by atoms with Gasteiger partial charge in [-0.15, -0.1) is 11.3 Å². The van der Waals surface area contributed by atoms with Crippen molar-refractivity contribution in [3.05, 3.63) is 78.2 Å². The van der Waals surface area contributed by atoms with E-state index in [4.69, 9.17) is 9.40 Å². The lowest BCUT2D eigenvalue weighted by Crippen LogP contribution is -1.81. The van der Waals surface area contributed by atoms with Crippen LogP contribution < -0.4 is 0 Å². The molecule has 0 aliphatic rings. The first kappa shape index (κ1) is 13.0. The summed E-state index contributed by atoms with van der Waals surface area (Å²) in [6.45, 7) is 0. The molecule has 0 bridgehead atoms. The van der Waals surface area contributed by atoms with Gasteiger partial charge in [-0.1, -0.05) is 66.7 Å². The van der Waals surface area contributed by atoms with Crippen molar-refractivity contribution in [3.63, 3.8) is 0 Å². The number of nitrogens with zero attached hydrogens (tertiary/aromatic N) is 1. The van der Waals surface area contributed by atoms with Crippen molar-refractivity contribution in [3.8, 4) is 33.3 Å². The molecule has 2 heterocycles. The number of rotatable bonds is 3. The van der Waals surface area contributed by atoms with Crippen molar-refractivity contribution in [1.82, 2.24) is 4.98 Å². The predicted octanol–water partition coefficient (Wildman–Crippen LogP) is 5.74. The first-order valence-electron chi connectivity index (χ1n) is 7.07. The van der Waals surface area contributed by atoms with Crippen LogP contribution in [0.1, 0.15) is 0 Å². The van der Waals surface area contributed by atoms with Gasteiger partial charge >= 0.3 is 0 Å². The standard InChI is InChI=1S/C19H13NOS/c1-3-8-14(9-4-1)17-18(15-10-5-2-6-11-15)21-19(20-17)16-12-7-13-22-16/h1-13H. The van der Waals surface area contributed by atoms with Crippen molar-refractivity contribution in [2.24, 2.45) is 0 Å². The molecule has 3 heteroatoms. The highest BCUT2D eigenvalue weighted by Crippen LogP contribution is 2.36. The van der Waals surface area contributed by atoms with Crippen molar-refractivity contribution >= 4 is 11.3 Å². The highest BCUT2D eigenvalue weighted by Gasteiger charge is 2.17. The van der Waals surface area contributed by atoms with Gasteiger partial charge in [-0.3, -0.25) is 0 Å². The number of thiophene rings is 1. The first-order chi connectivity index (χ1) is 10.9. The molecule has 0 saturated carbocycles. The maximum atomic E-state index is 6.10. The van der Waals surface area contributed by atoms with E-state index in [-0.39, 0.29) is 0 Å². The quantitative estimate of drug-likeness (QED) is 0.482. The molecule has 2 aromatic carbocycles. The van der Waals surface area contributed by atoms with Crippen molar-refractivity contribution in [1.29, 1.82) is 0 Å². The second kappa shape index (κ2) is 5.62. The summed E-state index contributed by atoms with van der Waals surface area (Å²) in [4.78, 5) is 5.78. The average Bonchev–Trinajstić information content (AvgIpc) is 3.26. The van der Waals surface area contributed by atoms with Crippen molar-refractivity contribution in [2.75, 3.05) is 0 Å². The Balaban J connectivity index is 1.92. The van der Waals surface area contributed by atoms with E-state index in [1.807, 2.05) is 66.0 Å². The van der Waals surface area contributed by atoms with E-state index < -0.39 is 0 Å². The highest BCUT2D eigenvalue weighted by atomic mass is 32.1. The highest BCUT2D eigenvalue weighted by molar-refractivity contribution is 7.13. The fourth-order valence-corrected chi connectivity index (χ4v) is 3.05. The molecule has 0 aliphatic heterocycles. The van der Waals surface area contributed by atoms with E-state index in [2.05, 4.69) is 12.1 Å². The Bertz CT molecular complexity index is 807. The third-order valence-electron chi connectivity index (χ3n) is 3.44. The smallest absolute Gasteiger partial charge is 0.237 e. The van der Waals surface area contributed by atoms with Crippen LogP contribution in [0.5, 0.6) is 0 Å². The monoisotopic (exact) mass is 303 g/mol. The molecular formula is C19H13NOS. The van der Waals surface area contributed by atoms with E-state index in [0.717, 1.165) is 27.5 Å². The Kier molecular flexibility index (Phi) is 3.33. The minimum atomic E-state index is 0.674. The summed E-state index contributed by atoms with van der Waals surface area (Å²) >= 11 is 1.63. The largest absolute Gasteiger partial charge is 0.435 e. The van der Waals surface area contributed by atoms with Gasteiger partial charge in [-0.25, -0.2) is 4.98 Å². The molecule has 0 atom stereocenters. The van der Waals surface area contributed by atoms with Gasteiger partial charge in [0.15, 0.2) is 5.76 Å². The van der Waals surface area contributed by atoms with Gasteiger partial charge in [0.05, 0.1) is 4.88 Å². The molecule has 22 heavy (non-hydrogen) atoms. The van der Waals surface area contributed by atoms with Crippen LogP contribution in [-0.2, 0) is 0 Å². The molecule has 0 fully saturated rings. The maximum Gasteiger partial charge on any atom is 0.237 e. The SMILES string of the molecule is c1ccc(-c2nc(-c3cccs3)oc2-c2ccccc2)cc1. The Hall–Kier alpha value is -2.65. The number of oxazole rings is 1. The van der Waals surface area contributed by atoms with E-state index in [1.54, 1.807) is 11.3 Å². The molecule has 4 aromatic rings. The third-order valence-corrected chi connectivity index (χ3v) is 4.30. The van der Waals surface area contributed by atoms with Crippen LogP contribution in [-0.4, -0.2) is 4.98 Å². The zero-order valence-electron chi connectivity index (χ0n) is 11.8. The minimum absolute atomic E-state index is 0.674. The van der Waals surface area contributed by atoms with E-state index in [9.17, 15) is 0 Å². The summed E-state index contributed by atoms with van der Waals surface area (Å²) < 4.78 is 6.10. The van der Waals surface area contributed by atoms with Crippen molar-refractivity contribution in [2.45, 2.75) is 0 Å². The second-order valence-electron chi connectivity index (χ2n) is 4.91. The molecule has 0 saturated heterocycles. The molecular weight excluding hydrogens is 290 g/mol. The van der Waals surface area contributed by atoms with Gasteiger partial charge in [0, 0.05) is 11.1 Å². The molecule has 4 rings (SSSR count). The second-order valence-corrected chi connectivity index (χ2v) is 5.85. The molecule has 2 nitrogen and oxygen atoms in total. The fraction of sp³-hybridized carbons (Fsp3) is 0. The van der Waals surface area contributed by atoms with Gasteiger partial charge in [0.1, 0.15) is 5.69 Å². The van der Waals surface area contributed by atoms with E-state index >= 15 is 0 Å². The van der Waals surface area contributed by atoms with Gasteiger partial charge < -0.3 is 4.42 Å². The van der Waals surface area contributed by atoms with Gasteiger partial charge in [0.2, 0.25) is 5.89 Å². The average molecular weight is 303 g/mol. The minimum Gasteiger partial charge on any atom is -0.435 e. The Morgan fingerprint density at radius 2 is 1.41 bits per heavy atom. The van der Waals surface area contributed by atoms with Gasteiger partial charge in [-0.05, 0) is 11.4 Å². The Morgan fingerprint density at radius 3 is 2.05 bits per heavy atom. The normalized spacial score (nSPS) is 10.7. The Labute approximate surface area is 132 Å². The summed E-state index contributed by atoms with van der Waals surface area (Å²) in [5, 5.41) is 2.03. The molecule has 0 unspecified atom stereocenters. The van der Waals surface area contributed by atoms with Crippen LogP contribution >= 0.6 is 11.3 Å². The lowest BCUT2D eigenvalue weighted by atomic mass is 10.1. The Morgan fingerprint density at radius 1 is 0.727 bits per heavy atom. The molecule has 0 aliphatic carbocycles. The van der Waals surface area contributed by atoms with E-state index in [0.29, 0.717) is 5.89 Å². The number of benzene rings is 2. The maximum absolute atomic E-state index is 6.10. The lowest BCUT2D eigenvalue weighted by molar-refractivity contribution is 0.591. The van der Waals surface area contributed by atoms with Crippen LogP contribution in [0.4, 0.5) is 0 Å². The molecule has 0 spiro atoms. The summed E-state index contributed by atoms with van der Waals surface area (Å²) in [6.07, 6.45) is 0. The van der Waals surface area contributed by atoms with Crippen LogP contribution in [0.3, 0.4) is 0 Å². The van der Waals surface area contributed by atoms with Crippen LogP contribution in [0.2, 0.25) is 0 Å². The van der Waals surface area contributed by atoms with Crippen LogP contribution in [0, 0.1) is 0 Å². The summed E-state index contributed by atoms with van der Waals surface area (Å²) in [5.74, 6) is 1.49. The predicted molar refractivity (Wildman–Crippen MR) is 90.7 cm³/mol. The first-order valence-corrected chi connectivity index (χ1v) is 7.95. The molecule has 2 aromatic heterocycles. The zero-order chi connectivity index (χ0) is 14.8. The van der Waals surface area contributed by atoms with Crippen LogP contribution in [0.15, 0.2) is 82.6 Å². The van der Waals surface area contributed by atoms with Crippen molar-refractivity contribution < 1.29 is 4.42 Å². The van der Waals surface area contributed by atoms with E-state index in [1.165, 1.54) is 0 Å². The molecule has 106 valence electrons. The summed E-state index contributed by atoms with van der Waals surface area (Å²) in [7, 11) is 0. The zero-order valence-corrected chi connectivity index (χ0v) is 12.6. The molecule has 0 N–H and O–H groups in total.